The number of rotatable bonds is 8. The molecule has 0 bridgehead atoms. The molecule has 1 saturated carbocycles. The van der Waals surface area contributed by atoms with Gasteiger partial charge in [0.15, 0.2) is 0 Å². The van der Waals surface area contributed by atoms with Crippen LogP contribution in [0.5, 0.6) is 0 Å². The minimum atomic E-state index is -3.01. The minimum absolute atomic E-state index is 0.220. The first-order valence-electron chi connectivity index (χ1n) is 5.70. The zero-order valence-electron chi connectivity index (χ0n) is 9.04. The lowest BCUT2D eigenvalue weighted by Crippen LogP contribution is -2.40. The van der Waals surface area contributed by atoms with E-state index in [2.05, 4.69) is 4.72 Å². The summed E-state index contributed by atoms with van der Waals surface area (Å²) in [5.41, 5.74) is 0. The van der Waals surface area contributed by atoms with E-state index >= 15 is 0 Å². The number of hydrogen-bond acceptors (Lipinski definition) is 2. The molecule has 15 heavy (non-hydrogen) atoms. The number of nitrogens with one attached hydrogen (secondary N) is 1. The lowest BCUT2D eigenvalue weighted by Gasteiger charge is -2.26. The quantitative estimate of drug-likeness (QED) is 0.533. The first kappa shape index (κ1) is 13.3. The highest BCUT2D eigenvalue weighted by atomic mass is 35.5. The molecule has 0 aromatic heterocycles. The Kier molecular flexibility index (Phi) is 5.94. The van der Waals surface area contributed by atoms with Gasteiger partial charge in [-0.25, -0.2) is 13.1 Å². The van der Waals surface area contributed by atoms with Crippen molar-refractivity contribution in [2.24, 2.45) is 0 Å². The van der Waals surface area contributed by atoms with Gasteiger partial charge in [-0.1, -0.05) is 19.3 Å². The molecule has 0 aromatic rings. The van der Waals surface area contributed by atoms with E-state index in [0.717, 1.165) is 44.9 Å². The predicted molar refractivity (Wildman–Crippen MR) is 63.7 cm³/mol. The van der Waals surface area contributed by atoms with Crippen molar-refractivity contribution in [3.8, 4) is 0 Å². The number of unbranched alkanes of at least 4 members (excludes halogenated alkanes) is 3. The zero-order valence-corrected chi connectivity index (χ0v) is 10.6. The Labute approximate surface area is 97.6 Å². The fourth-order valence-electron chi connectivity index (χ4n) is 1.58. The van der Waals surface area contributed by atoms with E-state index < -0.39 is 10.0 Å². The Balaban J connectivity index is 2.07. The van der Waals surface area contributed by atoms with Crippen LogP contribution in [0, 0.1) is 0 Å². The Morgan fingerprint density at radius 1 is 1.13 bits per heavy atom. The van der Waals surface area contributed by atoms with E-state index in [1.54, 1.807) is 0 Å². The van der Waals surface area contributed by atoms with Crippen LogP contribution in [-0.4, -0.2) is 26.1 Å². The Bertz CT molecular complexity index is 263. The molecule has 0 saturated heterocycles. The highest BCUT2D eigenvalue weighted by Gasteiger charge is 2.22. The predicted octanol–water partition coefficient (Wildman–Crippen LogP) is 2.26. The molecule has 1 N–H and O–H groups in total. The first-order chi connectivity index (χ1) is 7.14. The van der Waals surface area contributed by atoms with Gasteiger partial charge in [0.25, 0.3) is 0 Å². The van der Waals surface area contributed by atoms with Crippen molar-refractivity contribution in [2.45, 2.75) is 51.0 Å². The van der Waals surface area contributed by atoms with E-state index in [1.807, 2.05) is 0 Å². The van der Waals surface area contributed by atoms with E-state index in [1.165, 1.54) is 0 Å². The van der Waals surface area contributed by atoms with Gasteiger partial charge in [0.2, 0.25) is 10.0 Å². The molecule has 1 aliphatic rings. The van der Waals surface area contributed by atoms with Gasteiger partial charge in [-0.05, 0) is 25.7 Å². The summed E-state index contributed by atoms with van der Waals surface area (Å²) in [5.74, 6) is 0.943. The summed E-state index contributed by atoms with van der Waals surface area (Å²) in [6.07, 6.45) is 6.89. The standard InChI is InChI=1S/C10H20ClNO2S/c11-8-3-1-2-4-9-15(13,14)12-10-6-5-7-10/h10,12H,1-9H2. The third-order valence-electron chi connectivity index (χ3n) is 2.75. The molecule has 0 radical (unpaired) electrons. The van der Waals surface area contributed by atoms with Crippen molar-refractivity contribution < 1.29 is 8.42 Å². The smallest absolute Gasteiger partial charge is 0.211 e. The molecule has 0 aliphatic heterocycles. The summed E-state index contributed by atoms with van der Waals surface area (Å²) in [4.78, 5) is 0. The van der Waals surface area contributed by atoms with Gasteiger partial charge in [0.1, 0.15) is 0 Å². The molecule has 5 heteroatoms. The molecule has 1 rings (SSSR count). The average molecular weight is 254 g/mol. The molecule has 1 aliphatic carbocycles. The lowest BCUT2D eigenvalue weighted by atomic mass is 9.94. The van der Waals surface area contributed by atoms with Crippen LogP contribution in [-0.2, 0) is 10.0 Å². The van der Waals surface area contributed by atoms with Crippen LogP contribution < -0.4 is 4.72 Å². The van der Waals surface area contributed by atoms with Crippen LogP contribution in [0.25, 0.3) is 0 Å². The van der Waals surface area contributed by atoms with Crippen LogP contribution >= 0.6 is 11.6 Å². The maximum atomic E-state index is 11.5. The first-order valence-corrected chi connectivity index (χ1v) is 7.89. The summed E-state index contributed by atoms with van der Waals surface area (Å²) >= 11 is 5.54. The van der Waals surface area contributed by atoms with Crippen LogP contribution in [0.3, 0.4) is 0 Å². The third-order valence-corrected chi connectivity index (χ3v) is 4.53. The molecule has 90 valence electrons. The van der Waals surface area contributed by atoms with Gasteiger partial charge < -0.3 is 0 Å². The maximum absolute atomic E-state index is 11.5. The topological polar surface area (TPSA) is 46.2 Å². The minimum Gasteiger partial charge on any atom is -0.212 e. The molecule has 0 heterocycles. The van der Waals surface area contributed by atoms with Crippen molar-refractivity contribution in [1.29, 1.82) is 0 Å². The van der Waals surface area contributed by atoms with Crippen molar-refractivity contribution in [1.82, 2.24) is 4.72 Å². The number of halogens is 1. The molecule has 0 spiro atoms. The highest BCUT2D eigenvalue weighted by Crippen LogP contribution is 2.19. The van der Waals surface area contributed by atoms with Crippen molar-refractivity contribution in [3.63, 3.8) is 0 Å². The van der Waals surface area contributed by atoms with Gasteiger partial charge in [-0.2, -0.15) is 0 Å². The van der Waals surface area contributed by atoms with Gasteiger partial charge in [0, 0.05) is 11.9 Å². The fourth-order valence-corrected chi connectivity index (χ4v) is 3.21. The lowest BCUT2D eigenvalue weighted by molar-refractivity contribution is 0.383. The molecule has 0 amide bonds. The second-order valence-corrected chi connectivity index (χ2v) is 6.42. The number of sulfonamides is 1. The van der Waals surface area contributed by atoms with E-state index in [-0.39, 0.29) is 11.8 Å². The molecule has 3 nitrogen and oxygen atoms in total. The molecule has 0 unspecified atom stereocenters. The van der Waals surface area contributed by atoms with Crippen molar-refractivity contribution in [2.75, 3.05) is 11.6 Å². The van der Waals surface area contributed by atoms with Crippen LogP contribution in [0.4, 0.5) is 0 Å². The summed E-state index contributed by atoms with van der Waals surface area (Å²) < 4.78 is 25.8. The number of hydrogen-bond donors (Lipinski definition) is 1. The Morgan fingerprint density at radius 3 is 2.33 bits per heavy atom. The average Bonchev–Trinajstić information content (AvgIpc) is 2.12. The largest absolute Gasteiger partial charge is 0.212 e. The Hall–Kier alpha value is 0.200. The van der Waals surface area contributed by atoms with Crippen LogP contribution in [0.2, 0.25) is 0 Å². The molecule has 0 aromatic carbocycles. The van der Waals surface area contributed by atoms with Gasteiger partial charge >= 0.3 is 0 Å². The van der Waals surface area contributed by atoms with Crippen LogP contribution in [0.15, 0.2) is 0 Å². The van der Waals surface area contributed by atoms with E-state index in [0.29, 0.717) is 5.88 Å². The van der Waals surface area contributed by atoms with Gasteiger partial charge in [-0.3, -0.25) is 0 Å². The summed E-state index contributed by atoms with van der Waals surface area (Å²) in [6, 6.07) is 0.220. The second-order valence-electron chi connectivity index (χ2n) is 4.17. The second kappa shape index (κ2) is 6.71. The van der Waals surface area contributed by atoms with Crippen LogP contribution in [0.1, 0.15) is 44.9 Å². The monoisotopic (exact) mass is 253 g/mol. The summed E-state index contributed by atoms with van der Waals surface area (Å²) in [6.45, 7) is 0. The third kappa shape index (κ3) is 5.73. The van der Waals surface area contributed by atoms with E-state index in [9.17, 15) is 8.42 Å². The molecular weight excluding hydrogens is 234 g/mol. The highest BCUT2D eigenvalue weighted by molar-refractivity contribution is 7.89. The fraction of sp³-hybridized carbons (Fsp3) is 1.00. The van der Waals surface area contributed by atoms with Gasteiger partial charge in [-0.15, -0.1) is 11.6 Å². The Morgan fingerprint density at radius 2 is 1.80 bits per heavy atom. The van der Waals surface area contributed by atoms with Gasteiger partial charge in [0.05, 0.1) is 5.75 Å². The van der Waals surface area contributed by atoms with E-state index in [4.69, 9.17) is 11.6 Å². The SMILES string of the molecule is O=S(=O)(CCCCCCCl)NC1CCC1. The molecule has 1 fully saturated rings. The molecule has 0 atom stereocenters. The zero-order chi connectivity index (χ0) is 11.1. The number of alkyl halides is 1. The molecular formula is C10H20ClNO2S. The van der Waals surface area contributed by atoms with Crippen molar-refractivity contribution >= 4 is 21.6 Å². The summed E-state index contributed by atoms with van der Waals surface area (Å²) in [5, 5.41) is 0. The summed E-state index contributed by atoms with van der Waals surface area (Å²) in [7, 11) is -3.01. The maximum Gasteiger partial charge on any atom is 0.211 e. The normalized spacial score (nSPS) is 17.7. The van der Waals surface area contributed by atoms with Crippen molar-refractivity contribution in [3.05, 3.63) is 0 Å².